The molecule has 1 aliphatic rings. The molecule has 0 saturated heterocycles. The fourth-order valence-electron chi connectivity index (χ4n) is 2.04. The number of unbranched alkanes of at least 4 members (excludes halogenated alkanes) is 6. The molecule has 0 radical (unpaired) electrons. The van der Waals surface area contributed by atoms with Crippen LogP contribution in [0.3, 0.4) is 0 Å². The third-order valence-corrected chi connectivity index (χ3v) is 5.75. The Morgan fingerprint density at radius 2 is 1.90 bits per heavy atom. The topological polar surface area (TPSA) is 38.7 Å². The average Bonchev–Trinajstić information content (AvgIpc) is 2.95. The van der Waals surface area contributed by atoms with E-state index in [-0.39, 0.29) is 12.0 Å². The van der Waals surface area contributed by atoms with E-state index in [2.05, 4.69) is 18.8 Å². The van der Waals surface area contributed by atoms with E-state index in [1.54, 1.807) is 23.5 Å². The quantitative estimate of drug-likeness (QED) is 0.399. The highest BCUT2D eigenvalue weighted by atomic mass is 32.2. The highest BCUT2D eigenvalue weighted by Gasteiger charge is 2.26. The maximum atomic E-state index is 11.9. The third kappa shape index (κ3) is 8.77. The second kappa shape index (κ2) is 12.4. The van der Waals surface area contributed by atoms with E-state index in [4.69, 9.17) is 4.74 Å². The monoisotopic (exact) mass is 331 g/mol. The SMILES string of the molecule is CCCCCCOC(=O)[C@@H]1CSC(SCCCCCC)=N1. The van der Waals surface area contributed by atoms with E-state index in [1.165, 1.54) is 38.5 Å². The van der Waals surface area contributed by atoms with Crippen molar-refractivity contribution < 1.29 is 9.53 Å². The molecule has 0 amide bonds. The Morgan fingerprint density at radius 3 is 2.62 bits per heavy atom. The van der Waals surface area contributed by atoms with E-state index in [9.17, 15) is 4.79 Å². The number of hydrogen-bond donors (Lipinski definition) is 0. The zero-order valence-corrected chi connectivity index (χ0v) is 15.1. The van der Waals surface area contributed by atoms with E-state index >= 15 is 0 Å². The molecule has 21 heavy (non-hydrogen) atoms. The Kier molecular flexibility index (Phi) is 11.1. The molecule has 0 spiro atoms. The van der Waals surface area contributed by atoms with Gasteiger partial charge >= 0.3 is 5.97 Å². The highest BCUT2D eigenvalue weighted by Crippen LogP contribution is 2.27. The van der Waals surface area contributed by atoms with Gasteiger partial charge in [0.25, 0.3) is 0 Å². The first kappa shape index (κ1) is 18.9. The van der Waals surface area contributed by atoms with Gasteiger partial charge < -0.3 is 4.74 Å². The molecule has 5 heteroatoms. The van der Waals surface area contributed by atoms with Gasteiger partial charge in [-0.1, -0.05) is 75.9 Å². The van der Waals surface area contributed by atoms with Crippen LogP contribution in [-0.4, -0.2) is 34.5 Å². The highest BCUT2D eigenvalue weighted by molar-refractivity contribution is 8.39. The van der Waals surface area contributed by atoms with Gasteiger partial charge in [0.05, 0.1) is 6.61 Å². The van der Waals surface area contributed by atoms with Crippen LogP contribution in [0.5, 0.6) is 0 Å². The standard InChI is InChI=1S/C16H29NO2S2/c1-3-5-7-9-11-19-15(18)14-13-21-16(17-14)20-12-10-8-6-4-2/h14H,3-13H2,1-2H3/t14-/m0/s1. The van der Waals surface area contributed by atoms with Gasteiger partial charge in [0.15, 0.2) is 6.04 Å². The van der Waals surface area contributed by atoms with Crippen LogP contribution in [-0.2, 0) is 9.53 Å². The molecule has 3 nitrogen and oxygen atoms in total. The molecule has 0 saturated carbocycles. The van der Waals surface area contributed by atoms with Gasteiger partial charge in [-0.2, -0.15) is 0 Å². The number of esters is 1. The minimum atomic E-state index is -0.265. The van der Waals surface area contributed by atoms with Crippen molar-refractivity contribution in [3.63, 3.8) is 0 Å². The van der Waals surface area contributed by atoms with Crippen LogP contribution >= 0.6 is 23.5 Å². The van der Waals surface area contributed by atoms with E-state index in [0.717, 1.165) is 28.7 Å². The maximum absolute atomic E-state index is 11.9. The molecule has 0 fully saturated rings. The smallest absolute Gasteiger partial charge is 0.331 e. The maximum Gasteiger partial charge on any atom is 0.331 e. The lowest BCUT2D eigenvalue weighted by Gasteiger charge is -2.06. The predicted molar refractivity (Wildman–Crippen MR) is 95.4 cm³/mol. The molecule has 0 aromatic heterocycles. The number of thioether (sulfide) groups is 2. The van der Waals surface area contributed by atoms with E-state index in [1.807, 2.05) is 0 Å². The molecule has 122 valence electrons. The van der Waals surface area contributed by atoms with Gasteiger partial charge in [0.2, 0.25) is 0 Å². The third-order valence-electron chi connectivity index (χ3n) is 3.36. The molecule has 0 bridgehead atoms. The summed E-state index contributed by atoms with van der Waals surface area (Å²) >= 11 is 3.50. The number of rotatable bonds is 11. The van der Waals surface area contributed by atoms with Crippen molar-refractivity contribution in [2.45, 2.75) is 71.3 Å². The predicted octanol–water partition coefficient (Wildman–Crippen LogP) is 4.89. The Labute approximate surface area is 138 Å². The number of hydrogen-bond acceptors (Lipinski definition) is 5. The van der Waals surface area contributed by atoms with Gasteiger partial charge in [0.1, 0.15) is 4.38 Å². The van der Waals surface area contributed by atoms with Crippen LogP contribution in [0.25, 0.3) is 0 Å². The molecule has 0 N–H and O–H groups in total. The molecule has 0 aromatic carbocycles. The lowest BCUT2D eigenvalue weighted by Crippen LogP contribution is -2.22. The molecular weight excluding hydrogens is 302 g/mol. The van der Waals surface area contributed by atoms with Crippen LogP contribution in [0.1, 0.15) is 65.2 Å². The van der Waals surface area contributed by atoms with E-state index < -0.39 is 0 Å². The van der Waals surface area contributed by atoms with Crippen LogP contribution in [0, 0.1) is 0 Å². The van der Waals surface area contributed by atoms with Crippen LogP contribution in [0.2, 0.25) is 0 Å². The molecule has 1 rings (SSSR count). The largest absolute Gasteiger partial charge is 0.464 e. The number of nitrogens with zero attached hydrogens (tertiary/aromatic N) is 1. The first-order valence-corrected chi connectivity index (χ1v) is 10.2. The molecule has 1 atom stereocenters. The van der Waals surface area contributed by atoms with Crippen molar-refractivity contribution in [3.05, 3.63) is 0 Å². The van der Waals surface area contributed by atoms with Gasteiger partial charge in [-0.3, -0.25) is 4.99 Å². The second-order valence-electron chi connectivity index (χ2n) is 5.36. The number of carbonyl (C=O) groups is 1. The molecule has 1 aliphatic heterocycles. The van der Waals surface area contributed by atoms with Crippen molar-refractivity contribution in [1.82, 2.24) is 0 Å². The zero-order valence-electron chi connectivity index (χ0n) is 13.4. The van der Waals surface area contributed by atoms with Gasteiger partial charge in [-0.05, 0) is 18.6 Å². The molecular formula is C16H29NO2S2. The van der Waals surface area contributed by atoms with Crippen molar-refractivity contribution in [2.24, 2.45) is 4.99 Å². The Morgan fingerprint density at radius 1 is 1.19 bits per heavy atom. The summed E-state index contributed by atoms with van der Waals surface area (Å²) in [6.45, 7) is 4.95. The average molecular weight is 332 g/mol. The number of aliphatic imine (C=N–C) groups is 1. The summed E-state index contributed by atoms with van der Waals surface area (Å²) < 4.78 is 6.38. The van der Waals surface area contributed by atoms with Crippen molar-refractivity contribution >= 4 is 33.9 Å². The van der Waals surface area contributed by atoms with Gasteiger partial charge in [0, 0.05) is 5.75 Å². The Bertz CT molecular complexity index is 321. The Hall–Kier alpha value is -0.160. The van der Waals surface area contributed by atoms with Crippen LogP contribution in [0.4, 0.5) is 0 Å². The first-order chi connectivity index (χ1) is 10.3. The van der Waals surface area contributed by atoms with Crippen LogP contribution < -0.4 is 0 Å². The van der Waals surface area contributed by atoms with E-state index in [0.29, 0.717) is 6.61 Å². The van der Waals surface area contributed by atoms with Crippen molar-refractivity contribution in [2.75, 3.05) is 18.1 Å². The molecule has 0 aromatic rings. The fraction of sp³-hybridized carbons (Fsp3) is 0.875. The lowest BCUT2D eigenvalue weighted by molar-refractivity contribution is -0.144. The van der Waals surface area contributed by atoms with Crippen molar-refractivity contribution in [1.29, 1.82) is 0 Å². The molecule has 0 unspecified atom stereocenters. The Balaban J connectivity index is 2.11. The summed E-state index contributed by atoms with van der Waals surface area (Å²) in [5, 5.41) is 0. The second-order valence-corrected chi connectivity index (χ2v) is 7.71. The normalized spacial score (nSPS) is 17.8. The summed E-state index contributed by atoms with van der Waals surface area (Å²) in [7, 11) is 0. The number of carbonyl (C=O) groups excluding carboxylic acids is 1. The minimum absolute atomic E-state index is 0.138. The zero-order chi connectivity index (χ0) is 15.3. The van der Waals surface area contributed by atoms with Crippen LogP contribution in [0.15, 0.2) is 4.99 Å². The van der Waals surface area contributed by atoms with Gasteiger partial charge in [-0.25, -0.2) is 4.79 Å². The molecule has 1 heterocycles. The fourth-order valence-corrected chi connectivity index (χ4v) is 4.26. The lowest BCUT2D eigenvalue weighted by atomic mass is 10.2. The van der Waals surface area contributed by atoms with Gasteiger partial charge in [-0.15, -0.1) is 0 Å². The first-order valence-electron chi connectivity index (χ1n) is 8.28. The minimum Gasteiger partial charge on any atom is -0.464 e. The summed E-state index contributed by atoms with van der Waals surface area (Å²) in [6, 6.07) is -0.265. The summed E-state index contributed by atoms with van der Waals surface area (Å²) in [5.74, 6) is 1.73. The summed E-state index contributed by atoms with van der Waals surface area (Å²) in [4.78, 5) is 16.4. The van der Waals surface area contributed by atoms with Crippen molar-refractivity contribution in [3.8, 4) is 0 Å². The summed E-state index contributed by atoms with van der Waals surface area (Å²) in [5.41, 5.74) is 0. The summed E-state index contributed by atoms with van der Waals surface area (Å²) in [6.07, 6.45) is 9.66. The molecule has 0 aliphatic carbocycles. The number of ether oxygens (including phenoxy) is 1.